The van der Waals surface area contributed by atoms with E-state index >= 15 is 0 Å². The summed E-state index contributed by atoms with van der Waals surface area (Å²) in [6.07, 6.45) is 5.08. The van der Waals surface area contributed by atoms with Crippen LogP contribution in [0, 0.1) is 45.3 Å². The van der Waals surface area contributed by atoms with Gasteiger partial charge in [-0.05, 0) is 23.7 Å². The molecule has 0 spiro atoms. The molecule has 0 saturated heterocycles. The third kappa shape index (κ3) is 2.03. The summed E-state index contributed by atoms with van der Waals surface area (Å²) in [5.41, 5.74) is 6.53. The SMILES string of the molecule is CCN1CC=C2C(C#N)=C(N)C(C#N)(C#N)[C@H](c3ccoc3)[C@@H]2C1. The van der Waals surface area contributed by atoms with Gasteiger partial charge in [-0.2, -0.15) is 15.8 Å². The Balaban J connectivity index is 2.29. The Hall–Kier alpha value is -3.01. The quantitative estimate of drug-likeness (QED) is 0.892. The van der Waals surface area contributed by atoms with Crippen molar-refractivity contribution < 1.29 is 4.42 Å². The van der Waals surface area contributed by atoms with Crippen LogP contribution < -0.4 is 5.73 Å². The molecule has 0 unspecified atom stereocenters. The topological polar surface area (TPSA) is 114 Å². The summed E-state index contributed by atoms with van der Waals surface area (Å²) in [5.74, 6) is -0.624. The van der Waals surface area contributed by atoms with E-state index < -0.39 is 11.3 Å². The van der Waals surface area contributed by atoms with Gasteiger partial charge in [0.25, 0.3) is 0 Å². The lowest BCUT2D eigenvalue weighted by Gasteiger charge is -2.45. The summed E-state index contributed by atoms with van der Waals surface area (Å²) in [6, 6.07) is 8.09. The minimum absolute atomic E-state index is 0.0497. The molecule has 2 heterocycles. The van der Waals surface area contributed by atoms with E-state index in [4.69, 9.17) is 10.2 Å². The zero-order valence-corrected chi connectivity index (χ0v) is 13.4. The average Bonchev–Trinajstić information content (AvgIpc) is 3.14. The van der Waals surface area contributed by atoms with Crippen LogP contribution in [0.25, 0.3) is 0 Å². The van der Waals surface area contributed by atoms with Crippen LogP contribution in [-0.2, 0) is 0 Å². The lowest BCUT2D eigenvalue weighted by atomic mass is 9.58. The Labute approximate surface area is 140 Å². The van der Waals surface area contributed by atoms with Crippen molar-refractivity contribution in [3.8, 4) is 18.2 Å². The molecule has 0 bridgehead atoms. The maximum atomic E-state index is 9.85. The second-order valence-corrected chi connectivity index (χ2v) is 6.08. The van der Waals surface area contributed by atoms with E-state index in [9.17, 15) is 15.8 Å². The number of nitrogens with two attached hydrogens (primary N) is 1. The Morgan fingerprint density at radius 2 is 2.12 bits per heavy atom. The zero-order chi connectivity index (χ0) is 17.3. The number of likely N-dealkylation sites (N-methyl/N-ethyl adjacent to an activating group) is 1. The fraction of sp³-hybridized carbons (Fsp3) is 0.389. The summed E-state index contributed by atoms with van der Waals surface area (Å²) >= 11 is 0. The van der Waals surface area contributed by atoms with Crippen molar-refractivity contribution in [1.29, 1.82) is 15.8 Å². The first-order chi connectivity index (χ1) is 11.6. The van der Waals surface area contributed by atoms with Crippen LogP contribution >= 0.6 is 0 Å². The number of furan rings is 1. The average molecular weight is 319 g/mol. The molecule has 24 heavy (non-hydrogen) atoms. The molecule has 0 amide bonds. The first kappa shape index (κ1) is 15.9. The third-order valence-electron chi connectivity index (χ3n) is 5.09. The van der Waals surface area contributed by atoms with Gasteiger partial charge < -0.3 is 10.2 Å². The zero-order valence-electron chi connectivity index (χ0n) is 13.4. The molecule has 0 radical (unpaired) electrons. The summed E-state index contributed by atoms with van der Waals surface area (Å²) in [7, 11) is 0. The number of hydrogen-bond donors (Lipinski definition) is 1. The van der Waals surface area contributed by atoms with Gasteiger partial charge >= 0.3 is 0 Å². The molecule has 0 saturated carbocycles. The minimum Gasteiger partial charge on any atom is -0.472 e. The Kier molecular flexibility index (Phi) is 3.89. The standard InChI is InChI=1S/C18H17N5O/c1-2-23-5-3-13-14(7-19)17(22)18(10-20,11-21)16(15(13)8-23)12-4-6-24-9-12/h3-4,6,9,15-16H,2,5,8,22H2,1H3/t15-,16-/m1/s1. The highest BCUT2D eigenvalue weighted by Gasteiger charge is 2.54. The van der Waals surface area contributed by atoms with Gasteiger partial charge in [-0.15, -0.1) is 0 Å². The van der Waals surface area contributed by atoms with Crippen LogP contribution in [0.15, 0.2) is 45.9 Å². The smallest absolute Gasteiger partial charge is 0.191 e. The van der Waals surface area contributed by atoms with Crippen molar-refractivity contribution >= 4 is 0 Å². The van der Waals surface area contributed by atoms with Gasteiger partial charge in [-0.3, -0.25) is 4.90 Å². The van der Waals surface area contributed by atoms with E-state index in [1.54, 1.807) is 12.3 Å². The fourth-order valence-electron chi connectivity index (χ4n) is 3.83. The predicted molar refractivity (Wildman–Crippen MR) is 85.6 cm³/mol. The fourth-order valence-corrected chi connectivity index (χ4v) is 3.83. The first-order valence-corrected chi connectivity index (χ1v) is 7.80. The van der Waals surface area contributed by atoms with Gasteiger partial charge in [0.1, 0.15) is 6.07 Å². The van der Waals surface area contributed by atoms with E-state index in [0.29, 0.717) is 6.54 Å². The monoisotopic (exact) mass is 319 g/mol. The molecule has 120 valence electrons. The van der Waals surface area contributed by atoms with Crippen molar-refractivity contribution in [3.05, 3.63) is 47.1 Å². The highest BCUT2D eigenvalue weighted by atomic mass is 16.3. The van der Waals surface area contributed by atoms with Gasteiger partial charge in [0, 0.05) is 24.9 Å². The number of nitriles is 3. The molecule has 1 aliphatic carbocycles. The summed E-state index contributed by atoms with van der Waals surface area (Å²) in [6.45, 7) is 4.31. The van der Waals surface area contributed by atoms with Crippen LogP contribution in [-0.4, -0.2) is 24.5 Å². The molecular weight excluding hydrogens is 302 g/mol. The highest BCUT2D eigenvalue weighted by molar-refractivity contribution is 5.59. The Morgan fingerprint density at radius 3 is 2.67 bits per heavy atom. The molecule has 2 aliphatic rings. The summed E-state index contributed by atoms with van der Waals surface area (Å²) in [5, 5.41) is 29.3. The first-order valence-electron chi connectivity index (χ1n) is 7.80. The molecule has 6 heteroatoms. The van der Waals surface area contributed by atoms with Crippen molar-refractivity contribution in [3.63, 3.8) is 0 Å². The van der Waals surface area contributed by atoms with Crippen molar-refractivity contribution in [2.75, 3.05) is 19.6 Å². The Bertz CT molecular complexity index is 814. The summed E-state index contributed by atoms with van der Waals surface area (Å²) in [4.78, 5) is 2.22. The lowest BCUT2D eigenvalue weighted by Crippen LogP contribution is -2.47. The molecule has 6 nitrogen and oxygen atoms in total. The van der Waals surface area contributed by atoms with Crippen molar-refractivity contribution in [2.24, 2.45) is 17.1 Å². The number of allylic oxidation sites excluding steroid dienone is 2. The number of hydrogen-bond acceptors (Lipinski definition) is 6. The molecule has 0 aromatic carbocycles. The second-order valence-electron chi connectivity index (χ2n) is 6.08. The van der Waals surface area contributed by atoms with Crippen LogP contribution in [0.1, 0.15) is 18.4 Å². The normalized spacial score (nSPS) is 25.8. The van der Waals surface area contributed by atoms with Gasteiger partial charge in [-0.1, -0.05) is 13.0 Å². The van der Waals surface area contributed by atoms with Crippen LogP contribution in [0.3, 0.4) is 0 Å². The maximum absolute atomic E-state index is 9.85. The molecule has 2 N–H and O–H groups in total. The molecule has 2 atom stereocenters. The van der Waals surface area contributed by atoms with E-state index in [2.05, 4.69) is 30.0 Å². The van der Waals surface area contributed by atoms with E-state index in [1.807, 2.05) is 6.08 Å². The van der Waals surface area contributed by atoms with E-state index in [1.165, 1.54) is 6.26 Å². The van der Waals surface area contributed by atoms with Gasteiger partial charge in [0.15, 0.2) is 5.41 Å². The van der Waals surface area contributed by atoms with Crippen molar-refractivity contribution in [2.45, 2.75) is 12.8 Å². The van der Waals surface area contributed by atoms with Gasteiger partial charge in [0.2, 0.25) is 0 Å². The van der Waals surface area contributed by atoms with Gasteiger partial charge in [0.05, 0.1) is 35.9 Å². The van der Waals surface area contributed by atoms with E-state index in [0.717, 1.165) is 24.2 Å². The van der Waals surface area contributed by atoms with Crippen LogP contribution in [0.4, 0.5) is 0 Å². The molecule has 1 aliphatic heterocycles. The third-order valence-corrected chi connectivity index (χ3v) is 5.09. The molecule has 0 fully saturated rings. The molecule has 1 aromatic heterocycles. The molecule has 3 rings (SSSR count). The maximum Gasteiger partial charge on any atom is 0.191 e. The lowest BCUT2D eigenvalue weighted by molar-refractivity contribution is 0.214. The molecular formula is C18H17N5O. The van der Waals surface area contributed by atoms with Gasteiger partial charge in [-0.25, -0.2) is 0 Å². The largest absolute Gasteiger partial charge is 0.472 e. The van der Waals surface area contributed by atoms with Crippen molar-refractivity contribution in [1.82, 2.24) is 4.90 Å². The number of nitrogens with zero attached hydrogens (tertiary/aromatic N) is 4. The minimum atomic E-state index is -1.58. The van der Waals surface area contributed by atoms with E-state index in [-0.39, 0.29) is 17.2 Å². The summed E-state index contributed by atoms with van der Waals surface area (Å²) < 4.78 is 5.20. The second kappa shape index (κ2) is 5.89. The molecule has 1 aromatic rings. The predicted octanol–water partition coefficient (Wildman–Crippen LogP) is 2.02. The van der Waals surface area contributed by atoms with Crippen LogP contribution in [0.2, 0.25) is 0 Å². The number of fused-ring (bicyclic) bond motifs is 1. The Morgan fingerprint density at radius 1 is 1.38 bits per heavy atom. The number of rotatable bonds is 2. The highest BCUT2D eigenvalue weighted by Crippen LogP contribution is 2.54. The van der Waals surface area contributed by atoms with Crippen LogP contribution in [0.5, 0.6) is 0 Å².